The van der Waals surface area contributed by atoms with Gasteiger partial charge in [0.1, 0.15) is 5.92 Å². The molecule has 0 aliphatic heterocycles. The summed E-state index contributed by atoms with van der Waals surface area (Å²) in [6.07, 6.45) is 15.1. The molecular weight excluding hydrogens is 356 g/mol. The maximum Gasteiger partial charge on any atom is 0.238 e. The number of benzene rings is 1. The van der Waals surface area contributed by atoms with Gasteiger partial charge in [-0.2, -0.15) is 5.26 Å². The van der Waals surface area contributed by atoms with E-state index in [0.717, 1.165) is 24.8 Å². The van der Waals surface area contributed by atoms with Crippen molar-refractivity contribution >= 4 is 5.91 Å². The van der Waals surface area contributed by atoms with Crippen LogP contribution in [0.15, 0.2) is 30.3 Å². The molecule has 3 nitrogen and oxygen atoms in total. The molecule has 1 aromatic carbocycles. The topological polar surface area (TPSA) is 52.9 Å². The molecule has 1 saturated carbocycles. The molecule has 1 aromatic rings. The van der Waals surface area contributed by atoms with E-state index in [9.17, 15) is 10.1 Å². The number of amides is 1. The third kappa shape index (κ3) is 7.84. The first kappa shape index (κ1) is 23.5. The fourth-order valence-electron chi connectivity index (χ4n) is 4.94. The summed E-state index contributed by atoms with van der Waals surface area (Å²) in [5.74, 6) is -0.00124. The minimum Gasteiger partial charge on any atom is -0.348 e. The van der Waals surface area contributed by atoms with E-state index in [1.54, 1.807) is 0 Å². The van der Waals surface area contributed by atoms with Crippen LogP contribution in [0.25, 0.3) is 0 Å². The van der Waals surface area contributed by atoms with Gasteiger partial charge in [0, 0.05) is 0 Å². The van der Waals surface area contributed by atoms with E-state index in [2.05, 4.69) is 18.3 Å². The second-order valence-electron chi connectivity index (χ2n) is 8.84. The zero-order valence-corrected chi connectivity index (χ0v) is 18.5. The molecule has 1 amide bonds. The quantitative estimate of drug-likeness (QED) is 0.565. The van der Waals surface area contributed by atoms with Gasteiger partial charge >= 0.3 is 0 Å². The van der Waals surface area contributed by atoms with Crippen molar-refractivity contribution in [3.8, 4) is 6.07 Å². The van der Waals surface area contributed by atoms with Crippen molar-refractivity contribution in [3.63, 3.8) is 0 Å². The lowest BCUT2D eigenvalue weighted by molar-refractivity contribution is -0.126. The second kappa shape index (κ2) is 13.4. The summed E-state index contributed by atoms with van der Waals surface area (Å²) in [4.78, 5) is 13.0. The fourth-order valence-corrected chi connectivity index (χ4v) is 4.94. The van der Waals surface area contributed by atoms with Gasteiger partial charge in [-0.15, -0.1) is 0 Å². The third-order valence-corrected chi connectivity index (χ3v) is 6.73. The van der Waals surface area contributed by atoms with E-state index >= 15 is 0 Å². The highest BCUT2D eigenvalue weighted by Crippen LogP contribution is 2.34. The highest BCUT2D eigenvalue weighted by atomic mass is 16.1. The number of nitrogens with zero attached hydrogens (tertiary/aromatic N) is 1. The smallest absolute Gasteiger partial charge is 0.238 e. The third-order valence-electron chi connectivity index (χ3n) is 6.73. The summed E-state index contributed by atoms with van der Waals surface area (Å²) in [6, 6.07) is 12.3. The van der Waals surface area contributed by atoms with Gasteiger partial charge in [-0.05, 0) is 24.3 Å². The number of nitriles is 1. The van der Waals surface area contributed by atoms with Crippen LogP contribution in [-0.4, -0.2) is 5.91 Å². The van der Waals surface area contributed by atoms with Gasteiger partial charge in [0.2, 0.25) is 5.91 Å². The standard InChI is InChI=1S/C26H40N2O/c1-3-24(23-18-12-9-7-5-4-6-8-10-13-19-23)25(20-27)26(29)28-21(2)22-16-14-11-15-17-22/h11,14-17,21,23-25H,3-10,12-13,18-19H2,1-2H3,(H,28,29)/t21-,24?,25?/m0/s1. The van der Waals surface area contributed by atoms with Crippen molar-refractivity contribution in [2.24, 2.45) is 17.8 Å². The average molecular weight is 397 g/mol. The Labute approximate surface area is 178 Å². The Morgan fingerprint density at radius 2 is 1.52 bits per heavy atom. The van der Waals surface area contributed by atoms with Gasteiger partial charge in [0.15, 0.2) is 0 Å². The molecule has 1 aliphatic rings. The van der Waals surface area contributed by atoms with Gasteiger partial charge in [-0.3, -0.25) is 4.79 Å². The largest absolute Gasteiger partial charge is 0.348 e. The first-order chi connectivity index (χ1) is 14.2. The van der Waals surface area contributed by atoms with Crippen molar-refractivity contribution in [2.75, 3.05) is 0 Å². The first-order valence-corrected chi connectivity index (χ1v) is 11.9. The van der Waals surface area contributed by atoms with Crippen LogP contribution >= 0.6 is 0 Å². The van der Waals surface area contributed by atoms with E-state index < -0.39 is 5.92 Å². The zero-order valence-electron chi connectivity index (χ0n) is 18.5. The van der Waals surface area contributed by atoms with Crippen LogP contribution < -0.4 is 5.32 Å². The SMILES string of the molecule is CCC(C1CCCCCCCCCCC1)C(C#N)C(=O)N[C@@H](C)c1ccccc1. The Kier molecular flexibility index (Phi) is 10.8. The molecule has 29 heavy (non-hydrogen) atoms. The molecule has 0 bridgehead atoms. The summed E-state index contributed by atoms with van der Waals surface area (Å²) < 4.78 is 0. The lowest BCUT2D eigenvalue weighted by Gasteiger charge is -2.30. The Bertz CT molecular complexity index is 609. The first-order valence-electron chi connectivity index (χ1n) is 11.9. The molecule has 0 radical (unpaired) electrons. The molecular formula is C26H40N2O. The second-order valence-corrected chi connectivity index (χ2v) is 8.84. The van der Waals surface area contributed by atoms with Crippen LogP contribution in [0.3, 0.4) is 0 Å². The molecule has 1 N–H and O–H groups in total. The molecule has 0 saturated heterocycles. The van der Waals surface area contributed by atoms with Crippen molar-refractivity contribution in [3.05, 3.63) is 35.9 Å². The molecule has 160 valence electrons. The zero-order chi connectivity index (χ0) is 20.9. The molecule has 0 spiro atoms. The maximum absolute atomic E-state index is 13.0. The lowest BCUT2D eigenvalue weighted by atomic mass is 9.74. The monoisotopic (exact) mass is 396 g/mol. The highest BCUT2D eigenvalue weighted by Gasteiger charge is 2.33. The van der Waals surface area contributed by atoms with E-state index in [0.29, 0.717) is 5.92 Å². The van der Waals surface area contributed by atoms with Crippen LogP contribution in [0.2, 0.25) is 0 Å². The van der Waals surface area contributed by atoms with Crippen molar-refractivity contribution in [1.29, 1.82) is 5.26 Å². The van der Waals surface area contributed by atoms with Crippen molar-refractivity contribution < 1.29 is 4.79 Å². The summed E-state index contributed by atoms with van der Waals surface area (Å²) in [7, 11) is 0. The predicted octanol–water partition coefficient (Wildman–Crippen LogP) is 6.95. The minimum atomic E-state index is -0.552. The van der Waals surface area contributed by atoms with E-state index in [1.807, 2.05) is 37.3 Å². The number of carbonyl (C=O) groups excluding carboxylic acids is 1. The fraction of sp³-hybridized carbons (Fsp3) is 0.692. The van der Waals surface area contributed by atoms with Gasteiger partial charge in [-0.25, -0.2) is 0 Å². The van der Waals surface area contributed by atoms with E-state index in [-0.39, 0.29) is 17.9 Å². The van der Waals surface area contributed by atoms with Gasteiger partial charge in [-0.1, -0.05) is 114 Å². The van der Waals surface area contributed by atoms with Gasteiger partial charge < -0.3 is 5.32 Å². The van der Waals surface area contributed by atoms with Crippen molar-refractivity contribution in [2.45, 2.75) is 96.9 Å². The maximum atomic E-state index is 13.0. The summed E-state index contributed by atoms with van der Waals surface area (Å²) in [5, 5.41) is 13.0. The Balaban J connectivity index is 2.03. The average Bonchev–Trinajstić information content (AvgIpc) is 2.73. The van der Waals surface area contributed by atoms with Crippen LogP contribution in [-0.2, 0) is 4.79 Å². The molecule has 3 heteroatoms. The number of carbonyl (C=O) groups is 1. The summed E-state index contributed by atoms with van der Waals surface area (Å²) in [6.45, 7) is 4.15. The van der Waals surface area contributed by atoms with E-state index in [4.69, 9.17) is 0 Å². The normalized spacial score (nSPS) is 20.3. The molecule has 2 rings (SSSR count). The highest BCUT2D eigenvalue weighted by molar-refractivity contribution is 5.81. The van der Waals surface area contributed by atoms with Crippen LogP contribution in [0.4, 0.5) is 0 Å². The number of hydrogen-bond donors (Lipinski definition) is 1. The van der Waals surface area contributed by atoms with Gasteiger partial charge in [0.25, 0.3) is 0 Å². The van der Waals surface area contributed by atoms with Crippen molar-refractivity contribution in [1.82, 2.24) is 5.32 Å². The Hall–Kier alpha value is -1.82. The minimum absolute atomic E-state index is 0.0756. The molecule has 0 heterocycles. The summed E-state index contributed by atoms with van der Waals surface area (Å²) in [5.41, 5.74) is 1.08. The van der Waals surface area contributed by atoms with E-state index in [1.165, 1.54) is 57.8 Å². The molecule has 0 aromatic heterocycles. The summed E-state index contributed by atoms with van der Waals surface area (Å²) >= 11 is 0. The molecule has 1 fully saturated rings. The number of nitrogens with one attached hydrogen (secondary N) is 1. The predicted molar refractivity (Wildman–Crippen MR) is 120 cm³/mol. The van der Waals surface area contributed by atoms with Crippen LogP contribution in [0.5, 0.6) is 0 Å². The molecule has 1 aliphatic carbocycles. The number of hydrogen-bond acceptors (Lipinski definition) is 2. The Morgan fingerprint density at radius 1 is 1.00 bits per heavy atom. The number of rotatable bonds is 6. The molecule has 2 unspecified atom stereocenters. The van der Waals surface area contributed by atoms with Crippen LogP contribution in [0.1, 0.15) is 103 Å². The van der Waals surface area contributed by atoms with Gasteiger partial charge in [0.05, 0.1) is 12.1 Å². The Morgan fingerprint density at radius 3 is 2.00 bits per heavy atom. The molecule has 3 atom stereocenters. The lowest BCUT2D eigenvalue weighted by Crippen LogP contribution is -2.38. The van der Waals surface area contributed by atoms with Crippen LogP contribution in [0, 0.1) is 29.1 Å².